The number of hydrogen-bond acceptors (Lipinski definition) is 4. The Hall–Kier alpha value is -3.82. The third-order valence-electron chi connectivity index (χ3n) is 4.14. The first-order chi connectivity index (χ1) is 13.9. The number of carbonyl (C=O) groups excluding carboxylic acids is 1. The van der Waals surface area contributed by atoms with Gasteiger partial charge in [0.15, 0.2) is 0 Å². The van der Waals surface area contributed by atoms with Gasteiger partial charge in [0, 0.05) is 22.3 Å². The van der Waals surface area contributed by atoms with E-state index in [9.17, 15) is 14.9 Å². The Kier molecular flexibility index (Phi) is 5.82. The number of halogens is 1. The van der Waals surface area contributed by atoms with Gasteiger partial charge in [-0.15, -0.1) is 0 Å². The number of carbonyl (C=O) groups is 2. The molecule has 0 aliphatic carbocycles. The van der Waals surface area contributed by atoms with Crippen molar-refractivity contribution < 1.29 is 19.1 Å². The van der Waals surface area contributed by atoms with E-state index in [-0.39, 0.29) is 11.1 Å². The fraction of sp³-hybridized carbons (Fsp3) is 0.0455. The molecule has 2 aromatic carbocycles. The van der Waals surface area contributed by atoms with E-state index in [0.717, 1.165) is 5.56 Å². The molecule has 0 saturated heterocycles. The molecule has 1 aromatic heterocycles. The zero-order valence-electron chi connectivity index (χ0n) is 15.3. The maximum atomic E-state index is 12.4. The zero-order valence-corrected chi connectivity index (χ0v) is 16.0. The summed E-state index contributed by atoms with van der Waals surface area (Å²) in [6.07, 6.45) is 1.34. The highest BCUT2D eigenvalue weighted by molar-refractivity contribution is 6.31. The molecular formula is C22H15ClN2O4. The van der Waals surface area contributed by atoms with Gasteiger partial charge in [0.1, 0.15) is 23.2 Å². The van der Waals surface area contributed by atoms with E-state index in [0.29, 0.717) is 27.8 Å². The lowest BCUT2D eigenvalue weighted by atomic mass is 10.1. The second kappa shape index (κ2) is 8.46. The molecule has 0 fully saturated rings. The smallest absolute Gasteiger partial charge is 0.335 e. The highest BCUT2D eigenvalue weighted by Gasteiger charge is 2.13. The fourth-order valence-electron chi connectivity index (χ4n) is 2.57. The maximum Gasteiger partial charge on any atom is 0.335 e. The number of aryl methyl sites for hydroxylation is 1. The van der Waals surface area contributed by atoms with E-state index in [2.05, 4.69) is 5.32 Å². The second-order valence-electron chi connectivity index (χ2n) is 6.17. The number of hydrogen-bond donors (Lipinski definition) is 2. The molecule has 0 unspecified atom stereocenters. The van der Waals surface area contributed by atoms with Crippen LogP contribution in [0.15, 0.2) is 64.6 Å². The molecule has 0 aliphatic rings. The minimum atomic E-state index is -1.01. The molecule has 3 rings (SSSR count). The van der Waals surface area contributed by atoms with Crippen molar-refractivity contribution in [3.05, 3.63) is 82.1 Å². The maximum absolute atomic E-state index is 12.4. The average Bonchev–Trinajstić information content (AvgIpc) is 3.17. The van der Waals surface area contributed by atoms with Gasteiger partial charge in [-0.05, 0) is 48.9 Å². The zero-order chi connectivity index (χ0) is 21.0. The summed E-state index contributed by atoms with van der Waals surface area (Å²) < 4.78 is 5.67. The number of furan rings is 1. The van der Waals surface area contributed by atoms with Gasteiger partial charge in [0.05, 0.1) is 5.56 Å². The summed E-state index contributed by atoms with van der Waals surface area (Å²) in [5.74, 6) is -0.797. The summed E-state index contributed by atoms with van der Waals surface area (Å²) in [6, 6.07) is 16.4. The van der Waals surface area contributed by atoms with Crippen LogP contribution in [-0.2, 0) is 4.79 Å². The summed E-state index contributed by atoms with van der Waals surface area (Å²) >= 11 is 5.95. The summed E-state index contributed by atoms with van der Waals surface area (Å²) in [4.78, 5) is 23.4. The van der Waals surface area contributed by atoms with Crippen LogP contribution in [0.25, 0.3) is 17.4 Å². The third kappa shape index (κ3) is 4.72. The van der Waals surface area contributed by atoms with E-state index in [4.69, 9.17) is 21.1 Å². The number of carboxylic acids is 1. The summed E-state index contributed by atoms with van der Waals surface area (Å²) in [5.41, 5.74) is 2.03. The van der Waals surface area contributed by atoms with Crippen LogP contribution in [0.1, 0.15) is 21.7 Å². The van der Waals surface area contributed by atoms with Crippen LogP contribution in [0.5, 0.6) is 0 Å². The number of aromatic carboxylic acids is 1. The van der Waals surface area contributed by atoms with E-state index in [1.807, 2.05) is 13.0 Å². The van der Waals surface area contributed by atoms with Gasteiger partial charge in [0.2, 0.25) is 0 Å². The van der Waals surface area contributed by atoms with E-state index >= 15 is 0 Å². The van der Waals surface area contributed by atoms with Crippen molar-refractivity contribution in [1.29, 1.82) is 5.26 Å². The van der Waals surface area contributed by atoms with Crippen LogP contribution in [0.3, 0.4) is 0 Å². The number of nitrogens with one attached hydrogen (secondary N) is 1. The molecule has 6 nitrogen and oxygen atoms in total. The number of carboxylic acid groups (broad SMARTS) is 1. The fourth-order valence-corrected chi connectivity index (χ4v) is 2.74. The Morgan fingerprint density at radius 3 is 2.52 bits per heavy atom. The molecule has 0 atom stereocenters. The van der Waals surface area contributed by atoms with Gasteiger partial charge >= 0.3 is 5.97 Å². The van der Waals surface area contributed by atoms with Crippen molar-refractivity contribution in [2.24, 2.45) is 0 Å². The lowest BCUT2D eigenvalue weighted by molar-refractivity contribution is -0.112. The van der Waals surface area contributed by atoms with Crippen molar-refractivity contribution in [3.63, 3.8) is 0 Å². The Morgan fingerprint density at radius 1 is 1.14 bits per heavy atom. The van der Waals surface area contributed by atoms with Crippen LogP contribution in [0.4, 0.5) is 5.69 Å². The topological polar surface area (TPSA) is 103 Å². The first kappa shape index (κ1) is 19.9. The molecular weight excluding hydrogens is 392 g/mol. The van der Waals surface area contributed by atoms with Gasteiger partial charge < -0.3 is 14.8 Å². The molecule has 0 aliphatic heterocycles. The van der Waals surface area contributed by atoms with Crippen LogP contribution in [0.2, 0.25) is 5.02 Å². The Balaban J connectivity index is 1.81. The van der Waals surface area contributed by atoms with Gasteiger partial charge in [-0.1, -0.05) is 29.8 Å². The normalized spacial score (nSPS) is 11.0. The van der Waals surface area contributed by atoms with Crippen molar-refractivity contribution >= 4 is 35.2 Å². The molecule has 0 bridgehead atoms. The van der Waals surface area contributed by atoms with E-state index in [1.165, 1.54) is 18.2 Å². The van der Waals surface area contributed by atoms with Gasteiger partial charge in [0.25, 0.3) is 5.91 Å². The van der Waals surface area contributed by atoms with Crippen LogP contribution in [-0.4, -0.2) is 17.0 Å². The van der Waals surface area contributed by atoms with Crippen molar-refractivity contribution in [2.45, 2.75) is 6.92 Å². The molecule has 0 spiro atoms. The monoisotopic (exact) mass is 406 g/mol. The van der Waals surface area contributed by atoms with Crippen molar-refractivity contribution in [1.82, 2.24) is 0 Å². The molecule has 2 N–H and O–H groups in total. The largest absolute Gasteiger partial charge is 0.478 e. The molecule has 0 saturated carbocycles. The molecule has 144 valence electrons. The standard InChI is InChI=1S/C22H15ClN2O4/c1-13-2-7-17(23)11-19(13)25-21(26)16(12-24)10-18-8-9-20(29-18)14-3-5-15(6-4-14)22(27)28/h2-11H,1H3,(H,25,26)(H,27,28)/b16-10+. The molecule has 1 amide bonds. The average molecular weight is 407 g/mol. The quantitative estimate of drug-likeness (QED) is 0.450. The number of nitriles is 1. The summed E-state index contributed by atoms with van der Waals surface area (Å²) in [7, 11) is 0. The van der Waals surface area contributed by atoms with Crippen molar-refractivity contribution in [3.8, 4) is 17.4 Å². The number of nitrogens with zero attached hydrogens (tertiary/aromatic N) is 1. The van der Waals surface area contributed by atoms with Gasteiger partial charge in [-0.25, -0.2) is 4.79 Å². The molecule has 7 heteroatoms. The highest BCUT2D eigenvalue weighted by atomic mass is 35.5. The number of benzene rings is 2. The number of rotatable bonds is 5. The molecule has 29 heavy (non-hydrogen) atoms. The molecule has 0 radical (unpaired) electrons. The van der Waals surface area contributed by atoms with E-state index in [1.54, 1.807) is 42.5 Å². The lowest BCUT2D eigenvalue weighted by Gasteiger charge is -2.08. The third-order valence-corrected chi connectivity index (χ3v) is 4.38. The lowest BCUT2D eigenvalue weighted by Crippen LogP contribution is -2.14. The minimum absolute atomic E-state index is 0.133. The second-order valence-corrected chi connectivity index (χ2v) is 6.60. The molecule has 3 aromatic rings. The Labute approximate surface area is 171 Å². The number of anilines is 1. The van der Waals surface area contributed by atoms with Gasteiger partial charge in [-0.3, -0.25) is 4.79 Å². The predicted octanol–water partition coefficient (Wildman–Crippen LogP) is 5.15. The summed E-state index contributed by atoms with van der Waals surface area (Å²) in [6.45, 7) is 1.82. The SMILES string of the molecule is Cc1ccc(Cl)cc1NC(=O)/C(C#N)=C/c1ccc(-c2ccc(C(=O)O)cc2)o1. The molecule has 1 heterocycles. The predicted molar refractivity (Wildman–Crippen MR) is 110 cm³/mol. The van der Waals surface area contributed by atoms with Crippen LogP contribution < -0.4 is 5.32 Å². The Bertz CT molecular complexity index is 1150. The number of amides is 1. The van der Waals surface area contributed by atoms with E-state index < -0.39 is 11.9 Å². The van der Waals surface area contributed by atoms with Crippen LogP contribution >= 0.6 is 11.6 Å². The first-order valence-corrected chi connectivity index (χ1v) is 8.88. The summed E-state index contributed by atoms with van der Waals surface area (Å²) in [5, 5.41) is 21.5. The van der Waals surface area contributed by atoms with Crippen LogP contribution in [0, 0.1) is 18.3 Å². The van der Waals surface area contributed by atoms with Gasteiger partial charge in [-0.2, -0.15) is 5.26 Å². The van der Waals surface area contributed by atoms with Crippen molar-refractivity contribution in [2.75, 3.05) is 5.32 Å². The Morgan fingerprint density at radius 2 is 1.86 bits per heavy atom. The minimum Gasteiger partial charge on any atom is -0.478 e. The highest BCUT2D eigenvalue weighted by Crippen LogP contribution is 2.25. The first-order valence-electron chi connectivity index (χ1n) is 8.50.